The van der Waals surface area contributed by atoms with Crippen LogP contribution in [0.1, 0.15) is 44.7 Å². The van der Waals surface area contributed by atoms with Crippen molar-refractivity contribution in [2.45, 2.75) is 65.6 Å². The summed E-state index contributed by atoms with van der Waals surface area (Å²) in [6.07, 6.45) is 1.56. The molecule has 2 rings (SSSR count). The minimum Gasteiger partial charge on any atom is -0.481 e. The summed E-state index contributed by atoms with van der Waals surface area (Å²) in [5, 5.41) is 3.13. The Hall–Kier alpha value is -1.55. The molecule has 0 saturated carbocycles. The number of nitrogens with one attached hydrogen (secondary N) is 1. The summed E-state index contributed by atoms with van der Waals surface area (Å²) in [5.41, 5.74) is 2.41. The first-order valence-corrected chi connectivity index (χ1v) is 8.65. The highest BCUT2D eigenvalue weighted by molar-refractivity contribution is 5.81. The van der Waals surface area contributed by atoms with Gasteiger partial charge < -0.3 is 15.0 Å². The molecule has 23 heavy (non-hydrogen) atoms. The van der Waals surface area contributed by atoms with Crippen molar-refractivity contribution in [3.05, 3.63) is 29.3 Å². The van der Waals surface area contributed by atoms with Crippen molar-refractivity contribution in [1.29, 1.82) is 0 Å². The topological polar surface area (TPSA) is 41.6 Å². The molecule has 1 atom stereocenters. The minimum absolute atomic E-state index is 0.0220. The maximum Gasteiger partial charge on any atom is 0.260 e. The van der Waals surface area contributed by atoms with Gasteiger partial charge in [-0.15, -0.1) is 0 Å². The second-order valence-electron chi connectivity index (χ2n) is 6.92. The highest BCUT2D eigenvalue weighted by atomic mass is 16.5. The van der Waals surface area contributed by atoms with Crippen LogP contribution in [0.3, 0.4) is 0 Å². The van der Waals surface area contributed by atoms with E-state index in [1.165, 1.54) is 11.1 Å². The van der Waals surface area contributed by atoms with Gasteiger partial charge in [0.1, 0.15) is 5.75 Å². The Morgan fingerprint density at radius 1 is 1.17 bits per heavy atom. The molecular weight excluding hydrogens is 288 g/mol. The largest absolute Gasteiger partial charge is 0.481 e. The fraction of sp³-hybridized carbons (Fsp3) is 0.632. The molecule has 1 heterocycles. The molecule has 1 fully saturated rings. The maximum atomic E-state index is 12.3. The molecule has 4 nitrogen and oxygen atoms in total. The van der Waals surface area contributed by atoms with Crippen molar-refractivity contribution in [2.24, 2.45) is 0 Å². The van der Waals surface area contributed by atoms with Crippen LogP contribution in [-0.2, 0) is 4.79 Å². The number of amides is 1. The van der Waals surface area contributed by atoms with E-state index in [4.69, 9.17) is 4.74 Å². The minimum atomic E-state index is -0.472. The van der Waals surface area contributed by atoms with Crippen molar-refractivity contribution in [2.75, 3.05) is 13.1 Å². The number of nitrogens with zero attached hydrogens (tertiary/aromatic N) is 1. The van der Waals surface area contributed by atoms with Crippen molar-refractivity contribution in [3.63, 3.8) is 0 Å². The van der Waals surface area contributed by atoms with Gasteiger partial charge in [-0.2, -0.15) is 0 Å². The third-order valence-corrected chi connectivity index (χ3v) is 4.77. The number of hydrogen-bond donors (Lipinski definition) is 1. The van der Waals surface area contributed by atoms with E-state index < -0.39 is 6.10 Å². The van der Waals surface area contributed by atoms with Crippen LogP contribution in [-0.4, -0.2) is 42.1 Å². The molecule has 0 bridgehead atoms. The van der Waals surface area contributed by atoms with Gasteiger partial charge in [-0.25, -0.2) is 0 Å². The van der Waals surface area contributed by atoms with E-state index in [-0.39, 0.29) is 11.9 Å². The van der Waals surface area contributed by atoms with Crippen molar-refractivity contribution in [3.8, 4) is 5.75 Å². The molecule has 0 spiro atoms. The third kappa shape index (κ3) is 4.96. The average Bonchev–Trinajstić information content (AvgIpc) is 2.51. The molecule has 1 amide bonds. The van der Waals surface area contributed by atoms with Crippen LogP contribution in [0.15, 0.2) is 18.2 Å². The lowest BCUT2D eigenvalue weighted by molar-refractivity contribution is -0.128. The van der Waals surface area contributed by atoms with Crippen LogP contribution in [0.2, 0.25) is 0 Å². The monoisotopic (exact) mass is 318 g/mol. The molecule has 128 valence electrons. The van der Waals surface area contributed by atoms with E-state index in [1.54, 1.807) is 0 Å². The summed E-state index contributed by atoms with van der Waals surface area (Å²) >= 11 is 0. The normalized spacial score (nSPS) is 18.0. The summed E-state index contributed by atoms with van der Waals surface area (Å²) in [6, 6.07) is 6.78. The summed E-state index contributed by atoms with van der Waals surface area (Å²) in [4.78, 5) is 14.8. The van der Waals surface area contributed by atoms with Crippen molar-refractivity contribution in [1.82, 2.24) is 10.2 Å². The summed E-state index contributed by atoms with van der Waals surface area (Å²) in [6.45, 7) is 12.5. The lowest BCUT2D eigenvalue weighted by Gasteiger charge is -2.35. The molecular formula is C19H30N2O2. The Labute approximate surface area is 140 Å². The van der Waals surface area contributed by atoms with Crippen LogP contribution < -0.4 is 10.1 Å². The molecule has 1 aromatic carbocycles. The van der Waals surface area contributed by atoms with Crippen LogP contribution >= 0.6 is 0 Å². The van der Waals surface area contributed by atoms with E-state index in [2.05, 4.69) is 37.9 Å². The summed E-state index contributed by atoms with van der Waals surface area (Å²) < 4.78 is 5.79. The number of carbonyl (C=O) groups is 1. The first kappa shape index (κ1) is 17.8. The molecule has 1 aromatic rings. The molecule has 0 aliphatic carbocycles. The average molecular weight is 318 g/mol. The molecule has 0 aromatic heterocycles. The first-order chi connectivity index (χ1) is 10.9. The number of rotatable bonds is 5. The number of carbonyl (C=O) groups excluding carboxylic acids is 1. The quantitative estimate of drug-likeness (QED) is 0.907. The molecule has 0 radical (unpaired) electrons. The van der Waals surface area contributed by atoms with Crippen LogP contribution in [0.4, 0.5) is 0 Å². The first-order valence-electron chi connectivity index (χ1n) is 8.65. The van der Waals surface area contributed by atoms with Gasteiger partial charge in [0, 0.05) is 25.2 Å². The van der Waals surface area contributed by atoms with Crippen molar-refractivity contribution < 1.29 is 9.53 Å². The van der Waals surface area contributed by atoms with E-state index in [9.17, 15) is 4.79 Å². The Kier molecular flexibility index (Phi) is 6.05. The number of hydrogen-bond acceptors (Lipinski definition) is 3. The van der Waals surface area contributed by atoms with Gasteiger partial charge in [-0.05, 0) is 70.7 Å². The van der Waals surface area contributed by atoms with Gasteiger partial charge in [-0.3, -0.25) is 4.79 Å². The standard InChI is InChI=1S/C19H30N2O2/c1-13(2)21-10-8-17(9-11-21)20-19(22)16(5)23-18-7-6-14(3)15(4)12-18/h6-7,12-13,16-17H,8-11H2,1-5H3,(H,20,22)/t16-/m1/s1. The number of aryl methyl sites for hydroxylation is 2. The van der Waals surface area contributed by atoms with Gasteiger partial charge in [-0.1, -0.05) is 6.07 Å². The molecule has 1 aliphatic rings. The third-order valence-electron chi connectivity index (χ3n) is 4.77. The fourth-order valence-corrected chi connectivity index (χ4v) is 2.92. The molecule has 0 unspecified atom stereocenters. The predicted octanol–water partition coefficient (Wildman–Crippen LogP) is 3.06. The van der Waals surface area contributed by atoms with E-state index >= 15 is 0 Å². The van der Waals surface area contributed by atoms with Gasteiger partial charge >= 0.3 is 0 Å². The fourth-order valence-electron chi connectivity index (χ4n) is 2.92. The number of likely N-dealkylation sites (tertiary alicyclic amines) is 1. The molecule has 1 N–H and O–H groups in total. The van der Waals surface area contributed by atoms with Gasteiger partial charge in [0.05, 0.1) is 0 Å². The van der Waals surface area contributed by atoms with E-state index in [0.29, 0.717) is 6.04 Å². The molecule has 1 saturated heterocycles. The Balaban J connectivity index is 1.82. The van der Waals surface area contributed by atoms with E-state index in [1.807, 2.05) is 25.1 Å². The Bertz CT molecular complexity index is 534. The Morgan fingerprint density at radius 3 is 2.39 bits per heavy atom. The highest BCUT2D eigenvalue weighted by Crippen LogP contribution is 2.18. The zero-order chi connectivity index (χ0) is 17.0. The van der Waals surface area contributed by atoms with E-state index in [0.717, 1.165) is 31.7 Å². The second kappa shape index (κ2) is 7.82. The SMILES string of the molecule is Cc1ccc(O[C@H](C)C(=O)NC2CCN(C(C)C)CC2)cc1C. The maximum absolute atomic E-state index is 12.3. The second-order valence-corrected chi connectivity index (χ2v) is 6.92. The summed E-state index contributed by atoms with van der Waals surface area (Å²) in [5.74, 6) is 0.733. The molecule has 4 heteroatoms. The molecule has 1 aliphatic heterocycles. The van der Waals surface area contributed by atoms with Crippen LogP contribution in [0.5, 0.6) is 5.75 Å². The smallest absolute Gasteiger partial charge is 0.260 e. The predicted molar refractivity (Wildman–Crippen MR) is 93.9 cm³/mol. The van der Waals surface area contributed by atoms with Crippen molar-refractivity contribution >= 4 is 5.91 Å². The van der Waals surface area contributed by atoms with Gasteiger partial charge in [0.2, 0.25) is 0 Å². The lowest BCUT2D eigenvalue weighted by atomic mass is 10.0. The van der Waals surface area contributed by atoms with Crippen LogP contribution in [0.25, 0.3) is 0 Å². The van der Waals surface area contributed by atoms with Gasteiger partial charge in [0.15, 0.2) is 6.10 Å². The van der Waals surface area contributed by atoms with Crippen LogP contribution in [0, 0.1) is 13.8 Å². The van der Waals surface area contributed by atoms with Gasteiger partial charge in [0.25, 0.3) is 5.91 Å². The number of benzene rings is 1. The zero-order valence-corrected chi connectivity index (χ0v) is 15.1. The lowest BCUT2D eigenvalue weighted by Crippen LogP contribution is -2.49. The number of piperidine rings is 1. The number of ether oxygens (including phenoxy) is 1. The Morgan fingerprint density at radius 2 is 1.83 bits per heavy atom. The summed E-state index contributed by atoms with van der Waals surface area (Å²) in [7, 11) is 0. The zero-order valence-electron chi connectivity index (χ0n) is 15.1. The highest BCUT2D eigenvalue weighted by Gasteiger charge is 2.24.